The second-order valence-corrected chi connectivity index (χ2v) is 3.89. The monoisotopic (exact) mass is 227 g/mol. The molecule has 0 fully saturated rings. The van der Waals surface area contributed by atoms with Crippen LogP contribution in [0.5, 0.6) is 5.75 Å². The van der Waals surface area contributed by atoms with E-state index in [1.54, 1.807) is 0 Å². The summed E-state index contributed by atoms with van der Waals surface area (Å²) in [4.78, 5) is 0. The van der Waals surface area contributed by atoms with Gasteiger partial charge in [0, 0.05) is 6.54 Å². The third-order valence-corrected chi connectivity index (χ3v) is 2.58. The van der Waals surface area contributed by atoms with Crippen LogP contribution in [0, 0.1) is 0 Å². The van der Waals surface area contributed by atoms with Crippen molar-refractivity contribution in [2.75, 3.05) is 13.6 Å². The van der Waals surface area contributed by atoms with Gasteiger partial charge in [-0.05, 0) is 24.7 Å². The smallest absolute Gasteiger partial charge is 0.136 e. The standard InChI is InChI=1S/C15H17NO/c1-16-12-15(13-8-4-2-5-9-13)17-14-10-6-3-7-11-14/h2-11,15-16H,12H2,1H3. The van der Waals surface area contributed by atoms with Crippen LogP contribution < -0.4 is 10.1 Å². The molecule has 0 spiro atoms. The first-order valence-corrected chi connectivity index (χ1v) is 5.81. The molecule has 88 valence electrons. The molecule has 17 heavy (non-hydrogen) atoms. The fourth-order valence-corrected chi connectivity index (χ4v) is 1.74. The number of nitrogens with one attached hydrogen (secondary N) is 1. The van der Waals surface area contributed by atoms with E-state index in [4.69, 9.17) is 4.74 Å². The first-order valence-electron chi connectivity index (χ1n) is 5.81. The summed E-state index contributed by atoms with van der Waals surface area (Å²) < 4.78 is 5.98. The third-order valence-electron chi connectivity index (χ3n) is 2.58. The molecule has 1 N–H and O–H groups in total. The summed E-state index contributed by atoms with van der Waals surface area (Å²) in [5.74, 6) is 0.900. The Kier molecular flexibility index (Phi) is 4.17. The highest BCUT2D eigenvalue weighted by Gasteiger charge is 2.11. The molecule has 2 nitrogen and oxygen atoms in total. The molecule has 0 saturated carbocycles. The van der Waals surface area contributed by atoms with Gasteiger partial charge in [0.25, 0.3) is 0 Å². The number of para-hydroxylation sites is 1. The van der Waals surface area contributed by atoms with Crippen molar-refractivity contribution in [3.63, 3.8) is 0 Å². The van der Waals surface area contributed by atoms with E-state index in [2.05, 4.69) is 17.4 Å². The predicted octanol–water partition coefficient (Wildman–Crippen LogP) is 3.03. The molecule has 2 aromatic rings. The Morgan fingerprint density at radius 1 is 0.941 bits per heavy atom. The number of ether oxygens (including phenoxy) is 1. The van der Waals surface area contributed by atoms with Gasteiger partial charge in [-0.1, -0.05) is 48.5 Å². The maximum Gasteiger partial charge on any atom is 0.136 e. The Labute approximate surface area is 102 Å². The van der Waals surface area contributed by atoms with Gasteiger partial charge in [-0.25, -0.2) is 0 Å². The number of benzene rings is 2. The summed E-state index contributed by atoms with van der Waals surface area (Å²) in [6.07, 6.45) is 0.0450. The first-order chi connectivity index (χ1) is 8.40. The topological polar surface area (TPSA) is 21.3 Å². The van der Waals surface area contributed by atoms with Crippen LogP contribution in [0.15, 0.2) is 60.7 Å². The Balaban J connectivity index is 2.13. The highest BCUT2D eigenvalue weighted by molar-refractivity contribution is 5.24. The van der Waals surface area contributed by atoms with E-state index in [0.29, 0.717) is 0 Å². The first kappa shape index (κ1) is 11.7. The summed E-state index contributed by atoms with van der Waals surface area (Å²) in [5, 5.41) is 3.16. The second-order valence-electron chi connectivity index (χ2n) is 3.89. The van der Waals surface area contributed by atoms with Crippen LogP contribution in [0.3, 0.4) is 0 Å². The van der Waals surface area contributed by atoms with Crippen molar-refractivity contribution in [2.45, 2.75) is 6.10 Å². The minimum atomic E-state index is 0.0450. The molecular formula is C15H17NO. The molecule has 0 amide bonds. The van der Waals surface area contributed by atoms with Crippen LogP contribution in [0.4, 0.5) is 0 Å². The quantitative estimate of drug-likeness (QED) is 0.847. The van der Waals surface area contributed by atoms with Gasteiger partial charge in [-0.2, -0.15) is 0 Å². The molecule has 0 aliphatic rings. The lowest BCUT2D eigenvalue weighted by Gasteiger charge is -2.19. The largest absolute Gasteiger partial charge is 0.484 e. The van der Waals surface area contributed by atoms with E-state index in [1.165, 1.54) is 5.56 Å². The lowest BCUT2D eigenvalue weighted by molar-refractivity contribution is 0.205. The maximum absolute atomic E-state index is 5.98. The SMILES string of the molecule is CNCC(Oc1ccccc1)c1ccccc1. The van der Waals surface area contributed by atoms with Gasteiger partial charge in [-0.15, -0.1) is 0 Å². The fourth-order valence-electron chi connectivity index (χ4n) is 1.74. The molecule has 0 aliphatic carbocycles. The highest BCUT2D eigenvalue weighted by atomic mass is 16.5. The van der Waals surface area contributed by atoms with E-state index < -0.39 is 0 Å². The molecule has 0 aromatic heterocycles. The minimum absolute atomic E-state index is 0.0450. The highest BCUT2D eigenvalue weighted by Crippen LogP contribution is 2.20. The Morgan fingerprint density at radius 2 is 1.53 bits per heavy atom. The van der Waals surface area contributed by atoms with Crippen LogP contribution in [-0.4, -0.2) is 13.6 Å². The van der Waals surface area contributed by atoms with Gasteiger partial charge in [0.15, 0.2) is 0 Å². The normalized spacial score (nSPS) is 12.1. The lowest BCUT2D eigenvalue weighted by atomic mass is 10.1. The van der Waals surface area contributed by atoms with Gasteiger partial charge in [0.05, 0.1) is 0 Å². The summed E-state index contributed by atoms with van der Waals surface area (Å²) in [7, 11) is 1.93. The van der Waals surface area contributed by atoms with E-state index >= 15 is 0 Å². The molecular weight excluding hydrogens is 210 g/mol. The van der Waals surface area contributed by atoms with Crippen molar-refractivity contribution in [1.82, 2.24) is 5.32 Å². The number of hydrogen-bond acceptors (Lipinski definition) is 2. The molecule has 0 aliphatic heterocycles. The van der Waals surface area contributed by atoms with E-state index in [0.717, 1.165) is 12.3 Å². The average Bonchev–Trinajstić information content (AvgIpc) is 2.40. The maximum atomic E-state index is 5.98. The average molecular weight is 227 g/mol. The van der Waals surface area contributed by atoms with E-state index in [-0.39, 0.29) is 6.10 Å². The van der Waals surface area contributed by atoms with E-state index in [9.17, 15) is 0 Å². The van der Waals surface area contributed by atoms with E-state index in [1.807, 2.05) is 55.6 Å². The van der Waals surface area contributed by atoms with Crippen LogP contribution >= 0.6 is 0 Å². The van der Waals surface area contributed by atoms with Crippen LogP contribution in [0.1, 0.15) is 11.7 Å². The van der Waals surface area contributed by atoms with Crippen molar-refractivity contribution in [3.8, 4) is 5.75 Å². The number of rotatable bonds is 5. The minimum Gasteiger partial charge on any atom is -0.484 e. The zero-order chi connectivity index (χ0) is 11.9. The van der Waals surface area contributed by atoms with Crippen LogP contribution in [0.2, 0.25) is 0 Å². The van der Waals surface area contributed by atoms with Crippen molar-refractivity contribution in [3.05, 3.63) is 66.2 Å². The summed E-state index contributed by atoms with van der Waals surface area (Å²) in [6, 6.07) is 20.2. The zero-order valence-electron chi connectivity index (χ0n) is 9.97. The Morgan fingerprint density at radius 3 is 2.12 bits per heavy atom. The molecule has 0 saturated heterocycles. The molecule has 2 aromatic carbocycles. The second kappa shape index (κ2) is 6.06. The van der Waals surface area contributed by atoms with Crippen LogP contribution in [0.25, 0.3) is 0 Å². The molecule has 1 atom stereocenters. The Hall–Kier alpha value is -1.80. The van der Waals surface area contributed by atoms with Gasteiger partial charge in [0.1, 0.15) is 11.9 Å². The molecule has 2 rings (SSSR count). The Bertz CT molecular complexity index is 427. The van der Waals surface area contributed by atoms with Crippen molar-refractivity contribution < 1.29 is 4.74 Å². The molecule has 0 bridgehead atoms. The van der Waals surface area contributed by atoms with Gasteiger partial charge >= 0.3 is 0 Å². The van der Waals surface area contributed by atoms with Crippen molar-refractivity contribution >= 4 is 0 Å². The zero-order valence-corrected chi connectivity index (χ0v) is 9.97. The van der Waals surface area contributed by atoms with Crippen molar-refractivity contribution in [1.29, 1.82) is 0 Å². The molecule has 0 heterocycles. The molecule has 2 heteroatoms. The molecule has 0 radical (unpaired) electrons. The third kappa shape index (κ3) is 3.33. The van der Waals surface area contributed by atoms with Gasteiger partial charge < -0.3 is 10.1 Å². The summed E-state index contributed by atoms with van der Waals surface area (Å²) in [5.41, 5.74) is 1.19. The number of hydrogen-bond donors (Lipinski definition) is 1. The summed E-state index contributed by atoms with van der Waals surface area (Å²) in [6.45, 7) is 0.791. The molecule has 1 unspecified atom stereocenters. The lowest BCUT2D eigenvalue weighted by Crippen LogP contribution is -2.21. The fraction of sp³-hybridized carbons (Fsp3) is 0.200. The van der Waals surface area contributed by atoms with Gasteiger partial charge in [-0.3, -0.25) is 0 Å². The van der Waals surface area contributed by atoms with Crippen molar-refractivity contribution in [2.24, 2.45) is 0 Å². The number of likely N-dealkylation sites (N-methyl/N-ethyl adjacent to an activating group) is 1. The van der Waals surface area contributed by atoms with Gasteiger partial charge in [0.2, 0.25) is 0 Å². The predicted molar refractivity (Wildman–Crippen MR) is 70.2 cm³/mol. The van der Waals surface area contributed by atoms with Crippen LogP contribution in [-0.2, 0) is 0 Å². The summed E-state index contributed by atoms with van der Waals surface area (Å²) >= 11 is 0.